The highest BCUT2D eigenvalue weighted by Crippen LogP contribution is 2.16. The van der Waals surface area contributed by atoms with Crippen molar-refractivity contribution in [2.75, 3.05) is 6.54 Å². The van der Waals surface area contributed by atoms with E-state index in [-0.39, 0.29) is 0 Å². The van der Waals surface area contributed by atoms with Crippen LogP contribution in [0.25, 0.3) is 16.6 Å². The van der Waals surface area contributed by atoms with Crippen molar-refractivity contribution in [2.45, 2.75) is 19.3 Å². The molecule has 0 unspecified atom stereocenters. The average Bonchev–Trinajstić information content (AvgIpc) is 2.96. The molecule has 20 heavy (non-hydrogen) atoms. The molecule has 0 amide bonds. The van der Waals surface area contributed by atoms with Gasteiger partial charge in [0.25, 0.3) is 0 Å². The molecule has 0 spiro atoms. The van der Waals surface area contributed by atoms with Gasteiger partial charge in [-0.3, -0.25) is 4.98 Å². The summed E-state index contributed by atoms with van der Waals surface area (Å²) in [6.07, 6.45) is 6.78. The lowest BCUT2D eigenvalue weighted by atomic mass is 10.2. The number of nitrogens with zero attached hydrogens (tertiary/aromatic N) is 4. The Labute approximate surface area is 117 Å². The number of hydrogen-bond donors (Lipinski definition) is 1. The number of rotatable bonds is 5. The lowest BCUT2D eigenvalue weighted by Gasteiger charge is -2.02. The summed E-state index contributed by atoms with van der Waals surface area (Å²) >= 11 is 0. The van der Waals surface area contributed by atoms with Gasteiger partial charge in [-0.15, -0.1) is 5.10 Å². The maximum atomic E-state index is 5.49. The highest BCUT2D eigenvalue weighted by atomic mass is 15.4. The first kappa shape index (κ1) is 12.7. The molecule has 1 aromatic carbocycles. The van der Waals surface area contributed by atoms with Crippen LogP contribution in [0.4, 0.5) is 0 Å². The van der Waals surface area contributed by atoms with Crippen LogP contribution in [-0.4, -0.2) is 26.5 Å². The normalized spacial score (nSPS) is 11.1. The summed E-state index contributed by atoms with van der Waals surface area (Å²) in [5.41, 5.74) is 8.49. The lowest BCUT2D eigenvalue weighted by molar-refractivity contribution is 0.727. The Kier molecular flexibility index (Phi) is 3.69. The van der Waals surface area contributed by atoms with Crippen molar-refractivity contribution >= 4 is 10.9 Å². The molecule has 5 nitrogen and oxygen atoms in total. The van der Waals surface area contributed by atoms with Gasteiger partial charge < -0.3 is 5.73 Å². The third kappa shape index (κ3) is 2.67. The van der Waals surface area contributed by atoms with Crippen LogP contribution < -0.4 is 5.73 Å². The number of aromatic nitrogens is 4. The van der Waals surface area contributed by atoms with Crippen LogP contribution in [0.5, 0.6) is 0 Å². The summed E-state index contributed by atoms with van der Waals surface area (Å²) in [6.45, 7) is 0.728. The molecule has 2 heterocycles. The first-order chi connectivity index (χ1) is 9.86. The van der Waals surface area contributed by atoms with E-state index in [0.29, 0.717) is 0 Å². The fourth-order valence-electron chi connectivity index (χ4n) is 2.20. The molecular weight excluding hydrogens is 250 g/mol. The molecule has 0 aliphatic carbocycles. The molecule has 0 aliphatic rings. The Bertz CT molecular complexity index is 704. The number of fused-ring (bicyclic) bond motifs is 1. The second-order valence-corrected chi connectivity index (χ2v) is 4.78. The van der Waals surface area contributed by atoms with Gasteiger partial charge in [0.05, 0.1) is 23.1 Å². The second-order valence-electron chi connectivity index (χ2n) is 4.78. The van der Waals surface area contributed by atoms with Crippen LogP contribution in [0, 0.1) is 0 Å². The molecule has 102 valence electrons. The van der Waals surface area contributed by atoms with Crippen LogP contribution in [0.3, 0.4) is 0 Å². The molecule has 0 aliphatic heterocycles. The fraction of sp³-hybridized carbons (Fsp3) is 0.267. The van der Waals surface area contributed by atoms with Crippen LogP contribution >= 0.6 is 0 Å². The fourth-order valence-corrected chi connectivity index (χ4v) is 2.20. The van der Waals surface area contributed by atoms with Crippen LogP contribution in [0.15, 0.2) is 42.7 Å². The van der Waals surface area contributed by atoms with Gasteiger partial charge in [-0.1, -0.05) is 11.3 Å². The Morgan fingerprint density at radius 2 is 2.10 bits per heavy atom. The second kappa shape index (κ2) is 5.79. The molecule has 5 heteroatoms. The zero-order valence-corrected chi connectivity index (χ0v) is 11.2. The minimum Gasteiger partial charge on any atom is -0.330 e. The maximum Gasteiger partial charge on any atom is 0.0831 e. The van der Waals surface area contributed by atoms with Gasteiger partial charge in [-0.2, -0.15) is 0 Å². The minimum atomic E-state index is 0.728. The molecule has 2 aromatic heterocycles. The van der Waals surface area contributed by atoms with Gasteiger partial charge in [-0.05, 0) is 50.1 Å². The van der Waals surface area contributed by atoms with Crippen molar-refractivity contribution in [3.8, 4) is 5.69 Å². The van der Waals surface area contributed by atoms with E-state index in [4.69, 9.17) is 5.73 Å². The topological polar surface area (TPSA) is 69.6 Å². The Morgan fingerprint density at radius 3 is 3.00 bits per heavy atom. The largest absolute Gasteiger partial charge is 0.330 e. The molecular formula is C15H17N5. The Balaban J connectivity index is 1.83. The summed E-state index contributed by atoms with van der Waals surface area (Å²) in [4.78, 5) is 4.31. The number of benzene rings is 1. The molecule has 0 saturated carbocycles. The molecule has 0 bridgehead atoms. The monoisotopic (exact) mass is 267 g/mol. The van der Waals surface area contributed by atoms with E-state index in [1.165, 1.54) is 0 Å². The van der Waals surface area contributed by atoms with E-state index in [2.05, 4.69) is 21.4 Å². The summed E-state index contributed by atoms with van der Waals surface area (Å²) in [5.74, 6) is 0. The zero-order valence-electron chi connectivity index (χ0n) is 11.2. The predicted octanol–water partition coefficient (Wildman–Crippen LogP) is 2.10. The molecule has 0 fully saturated rings. The maximum absolute atomic E-state index is 5.49. The highest BCUT2D eigenvalue weighted by molar-refractivity contribution is 5.80. The zero-order chi connectivity index (χ0) is 13.8. The van der Waals surface area contributed by atoms with E-state index in [1.807, 2.05) is 35.1 Å². The predicted molar refractivity (Wildman–Crippen MR) is 78.7 cm³/mol. The third-order valence-electron chi connectivity index (χ3n) is 3.28. The summed E-state index contributed by atoms with van der Waals surface area (Å²) in [5, 5.41) is 9.49. The smallest absolute Gasteiger partial charge is 0.0831 e. The van der Waals surface area contributed by atoms with Crippen molar-refractivity contribution < 1.29 is 0 Å². The van der Waals surface area contributed by atoms with E-state index in [9.17, 15) is 0 Å². The van der Waals surface area contributed by atoms with E-state index in [1.54, 1.807) is 6.20 Å². The van der Waals surface area contributed by atoms with Gasteiger partial charge in [0, 0.05) is 11.6 Å². The van der Waals surface area contributed by atoms with Crippen molar-refractivity contribution in [1.82, 2.24) is 20.0 Å². The van der Waals surface area contributed by atoms with E-state index in [0.717, 1.165) is 48.1 Å². The van der Waals surface area contributed by atoms with Gasteiger partial charge in [0.1, 0.15) is 0 Å². The highest BCUT2D eigenvalue weighted by Gasteiger charge is 2.04. The summed E-state index contributed by atoms with van der Waals surface area (Å²) < 4.78 is 1.81. The number of nitrogens with two attached hydrogens (primary N) is 1. The molecule has 0 atom stereocenters. The van der Waals surface area contributed by atoms with Gasteiger partial charge >= 0.3 is 0 Å². The number of pyridine rings is 1. The number of aryl methyl sites for hydroxylation is 1. The Hall–Kier alpha value is -2.27. The quantitative estimate of drug-likeness (QED) is 0.719. The first-order valence-electron chi connectivity index (χ1n) is 6.83. The van der Waals surface area contributed by atoms with E-state index < -0.39 is 0 Å². The van der Waals surface area contributed by atoms with Gasteiger partial charge in [-0.25, -0.2) is 4.68 Å². The number of hydrogen-bond acceptors (Lipinski definition) is 4. The average molecular weight is 267 g/mol. The molecule has 2 N–H and O–H groups in total. The number of unbranched alkanes of at least 4 members (excludes halogenated alkanes) is 1. The van der Waals surface area contributed by atoms with Gasteiger partial charge in [0.2, 0.25) is 0 Å². The van der Waals surface area contributed by atoms with Crippen LogP contribution in [0.1, 0.15) is 18.5 Å². The van der Waals surface area contributed by atoms with E-state index >= 15 is 0 Å². The van der Waals surface area contributed by atoms with Crippen molar-refractivity contribution in [3.63, 3.8) is 0 Å². The SMILES string of the molecule is NCCCCc1cn(-c2ccc3ncccc3c2)nn1. The molecule has 0 saturated heterocycles. The Morgan fingerprint density at radius 1 is 1.15 bits per heavy atom. The van der Waals surface area contributed by atoms with Crippen molar-refractivity contribution in [2.24, 2.45) is 5.73 Å². The standard InChI is InChI=1S/C15H17N5/c16-8-2-1-5-13-11-20(19-18-13)14-6-7-15-12(10-14)4-3-9-17-15/h3-4,6-7,9-11H,1-2,5,8,16H2. The molecule has 3 rings (SSSR count). The third-order valence-corrected chi connectivity index (χ3v) is 3.28. The van der Waals surface area contributed by atoms with Gasteiger partial charge in [0.15, 0.2) is 0 Å². The van der Waals surface area contributed by atoms with Crippen molar-refractivity contribution in [3.05, 3.63) is 48.4 Å². The first-order valence-corrected chi connectivity index (χ1v) is 6.83. The van der Waals surface area contributed by atoms with Crippen LogP contribution in [-0.2, 0) is 6.42 Å². The van der Waals surface area contributed by atoms with Crippen molar-refractivity contribution in [1.29, 1.82) is 0 Å². The van der Waals surface area contributed by atoms with Crippen LogP contribution in [0.2, 0.25) is 0 Å². The molecule has 0 radical (unpaired) electrons. The summed E-state index contributed by atoms with van der Waals surface area (Å²) in [7, 11) is 0. The molecule has 3 aromatic rings. The minimum absolute atomic E-state index is 0.728. The lowest BCUT2D eigenvalue weighted by Crippen LogP contribution is -1.99. The summed E-state index contributed by atoms with van der Waals surface area (Å²) in [6, 6.07) is 10.1.